The molecule has 1 N–H and O–H groups in total. The molecule has 0 bridgehead atoms. The zero-order valence-electron chi connectivity index (χ0n) is 9.79. The molecule has 1 aromatic rings. The lowest BCUT2D eigenvalue weighted by Gasteiger charge is -2.18. The van der Waals surface area contributed by atoms with E-state index in [1.54, 1.807) is 0 Å². The molecule has 1 aliphatic carbocycles. The zero-order chi connectivity index (χ0) is 10.7. The van der Waals surface area contributed by atoms with Crippen LogP contribution in [-0.4, -0.2) is 7.05 Å². The third-order valence-electron chi connectivity index (χ3n) is 3.47. The third-order valence-corrected chi connectivity index (χ3v) is 3.47. The van der Waals surface area contributed by atoms with Crippen LogP contribution >= 0.6 is 0 Å². The fraction of sp³-hybridized carbons (Fsp3) is 0.571. The Morgan fingerprint density at radius 1 is 1.33 bits per heavy atom. The molecule has 15 heavy (non-hydrogen) atoms. The van der Waals surface area contributed by atoms with Crippen molar-refractivity contribution in [1.29, 1.82) is 0 Å². The smallest absolute Gasteiger partial charge is 0.0320 e. The summed E-state index contributed by atoms with van der Waals surface area (Å²) in [6.07, 6.45) is 5.60. The number of rotatable bonds is 5. The van der Waals surface area contributed by atoms with Crippen molar-refractivity contribution in [2.24, 2.45) is 5.92 Å². The molecule has 0 aliphatic heterocycles. The molecule has 2 rings (SSSR count). The summed E-state index contributed by atoms with van der Waals surface area (Å²) in [5.41, 5.74) is 2.88. The fourth-order valence-electron chi connectivity index (χ4n) is 2.24. The maximum Gasteiger partial charge on any atom is 0.0320 e. The highest BCUT2D eigenvalue weighted by Gasteiger charge is 2.22. The molecule has 1 heteroatoms. The number of hydrogen-bond acceptors (Lipinski definition) is 1. The van der Waals surface area contributed by atoms with Gasteiger partial charge < -0.3 is 5.32 Å². The van der Waals surface area contributed by atoms with Gasteiger partial charge in [0.2, 0.25) is 0 Å². The van der Waals surface area contributed by atoms with Crippen molar-refractivity contribution in [2.75, 3.05) is 7.05 Å². The topological polar surface area (TPSA) is 12.0 Å². The van der Waals surface area contributed by atoms with Crippen LogP contribution in [0.4, 0.5) is 0 Å². The van der Waals surface area contributed by atoms with Gasteiger partial charge in [-0.1, -0.05) is 37.1 Å². The first kappa shape index (κ1) is 10.7. The fourth-order valence-corrected chi connectivity index (χ4v) is 2.24. The molecular formula is C14H21N. The monoisotopic (exact) mass is 203 g/mol. The van der Waals surface area contributed by atoms with Gasteiger partial charge in [-0.15, -0.1) is 0 Å². The largest absolute Gasteiger partial charge is 0.313 e. The molecule has 1 atom stereocenters. The molecule has 0 spiro atoms. The first-order valence-corrected chi connectivity index (χ1v) is 6.04. The van der Waals surface area contributed by atoms with E-state index in [9.17, 15) is 0 Å². The van der Waals surface area contributed by atoms with Gasteiger partial charge in [-0.25, -0.2) is 0 Å². The van der Waals surface area contributed by atoms with E-state index in [-0.39, 0.29) is 0 Å². The molecule has 1 unspecified atom stereocenters. The maximum absolute atomic E-state index is 3.44. The Kier molecular flexibility index (Phi) is 3.42. The highest BCUT2D eigenvalue weighted by atomic mass is 14.9. The van der Waals surface area contributed by atoms with Crippen molar-refractivity contribution in [2.45, 2.75) is 38.6 Å². The normalized spacial score (nSPS) is 17.7. The second kappa shape index (κ2) is 4.80. The van der Waals surface area contributed by atoms with Gasteiger partial charge in [0.25, 0.3) is 0 Å². The van der Waals surface area contributed by atoms with Crippen LogP contribution in [0.15, 0.2) is 24.3 Å². The number of nitrogens with one attached hydrogen (secondary N) is 1. The molecule has 1 fully saturated rings. The van der Waals surface area contributed by atoms with Gasteiger partial charge in [-0.3, -0.25) is 0 Å². The second-order valence-corrected chi connectivity index (χ2v) is 4.72. The van der Waals surface area contributed by atoms with Crippen molar-refractivity contribution in [3.8, 4) is 0 Å². The number of benzene rings is 1. The van der Waals surface area contributed by atoms with E-state index in [0.29, 0.717) is 6.04 Å². The summed E-state index contributed by atoms with van der Waals surface area (Å²) in [5, 5.41) is 3.44. The van der Waals surface area contributed by atoms with Crippen molar-refractivity contribution >= 4 is 0 Å². The average Bonchev–Trinajstić information content (AvgIpc) is 3.05. The molecule has 82 valence electrons. The lowest BCUT2D eigenvalue weighted by molar-refractivity contribution is 0.504. The van der Waals surface area contributed by atoms with Gasteiger partial charge in [-0.05, 0) is 43.9 Å². The molecule has 0 heterocycles. The van der Waals surface area contributed by atoms with Gasteiger partial charge in [0, 0.05) is 6.04 Å². The standard InChI is InChI=1S/C14H21N/c1-11-5-3-4-6-13(11)14(15-2)10-9-12-7-8-12/h3-6,12,14-15H,7-10H2,1-2H3. The van der Waals surface area contributed by atoms with Gasteiger partial charge in [0.05, 0.1) is 0 Å². The molecule has 1 aliphatic rings. The van der Waals surface area contributed by atoms with Crippen LogP contribution in [0.5, 0.6) is 0 Å². The summed E-state index contributed by atoms with van der Waals surface area (Å²) < 4.78 is 0. The predicted molar refractivity (Wildman–Crippen MR) is 64.9 cm³/mol. The lowest BCUT2D eigenvalue weighted by atomic mass is 9.97. The Morgan fingerprint density at radius 2 is 2.07 bits per heavy atom. The van der Waals surface area contributed by atoms with E-state index in [1.165, 1.54) is 36.8 Å². The van der Waals surface area contributed by atoms with Crippen LogP contribution in [0.1, 0.15) is 42.9 Å². The van der Waals surface area contributed by atoms with Gasteiger partial charge in [-0.2, -0.15) is 0 Å². The molecule has 0 radical (unpaired) electrons. The van der Waals surface area contributed by atoms with Crippen LogP contribution in [0.3, 0.4) is 0 Å². The molecule has 0 aromatic heterocycles. The molecule has 0 saturated heterocycles. The molecular weight excluding hydrogens is 182 g/mol. The Bertz CT molecular complexity index is 315. The highest BCUT2D eigenvalue weighted by Crippen LogP contribution is 2.36. The van der Waals surface area contributed by atoms with Crippen molar-refractivity contribution in [1.82, 2.24) is 5.32 Å². The van der Waals surface area contributed by atoms with Crippen molar-refractivity contribution in [3.63, 3.8) is 0 Å². The summed E-state index contributed by atoms with van der Waals surface area (Å²) in [6.45, 7) is 2.21. The van der Waals surface area contributed by atoms with Crippen LogP contribution in [0, 0.1) is 12.8 Å². The van der Waals surface area contributed by atoms with Crippen molar-refractivity contribution < 1.29 is 0 Å². The van der Waals surface area contributed by atoms with Crippen molar-refractivity contribution in [3.05, 3.63) is 35.4 Å². The number of hydrogen-bond donors (Lipinski definition) is 1. The Morgan fingerprint density at radius 3 is 2.67 bits per heavy atom. The van der Waals surface area contributed by atoms with Gasteiger partial charge in [0.15, 0.2) is 0 Å². The summed E-state index contributed by atoms with van der Waals surface area (Å²) in [7, 11) is 2.07. The molecule has 1 aromatic carbocycles. The Balaban J connectivity index is 2.00. The Labute approximate surface area is 92.9 Å². The minimum atomic E-state index is 0.548. The first-order valence-electron chi connectivity index (χ1n) is 6.04. The Hall–Kier alpha value is -0.820. The van der Waals surface area contributed by atoms with E-state index >= 15 is 0 Å². The van der Waals surface area contributed by atoms with Gasteiger partial charge in [0.1, 0.15) is 0 Å². The maximum atomic E-state index is 3.44. The van der Waals surface area contributed by atoms with E-state index in [0.717, 1.165) is 5.92 Å². The summed E-state index contributed by atoms with van der Waals surface area (Å²) in [6, 6.07) is 9.27. The minimum absolute atomic E-state index is 0.548. The highest BCUT2D eigenvalue weighted by molar-refractivity contribution is 5.28. The zero-order valence-corrected chi connectivity index (χ0v) is 9.79. The molecule has 1 nitrogen and oxygen atoms in total. The van der Waals surface area contributed by atoms with E-state index in [2.05, 4.69) is 43.6 Å². The molecule has 0 amide bonds. The summed E-state index contributed by atoms with van der Waals surface area (Å²) in [4.78, 5) is 0. The van der Waals surface area contributed by atoms with Crippen LogP contribution < -0.4 is 5.32 Å². The van der Waals surface area contributed by atoms with E-state index in [4.69, 9.17) is 0 Å². The number of aryl methyl sites for hydroxylation is 1. The van der Waals surface area contributed by atoms with E-state index in [1.807, 2.05) is 0 Å². The summed E-state index contributed by atoms with van der Waals surface area (Å²) >= 11 is 0. The van der Waals surface area contributed by atoms with Crippen LogP contribution in [-0.2, 0) is 0 Å². The second-order valence-electron chi connectivity index (χ2n) is 4.72. The molecule has 1 saturated carbocycles. The third kappa shape index (κ3) is 2.82. The van der Waals surface area contributed by atoms with Crippen LogP contribution in [0.25, 0.3) is 0 Å². The quantitative estimate of drug-likeness (QED) is 0.773. The minimum Gasteiger partial charge on any atom is -0.313 e. The van der Waals surface area contributed by atoms with Crippen LogP contribution in [0.2, 0.25) is 0 Å². The average molecular weight is 203 g/mol. The van der Waals surface area contributed by atoms with E-state index < -0.39 is 0 Å². The summed E-state index contributed by atoms with van der Waals surface area (Å²) in [5.74, 6) is 1.03. The lowest BCUT2D eigenvalue weighted by Crippen LogP contribution is -2.17. The predicted octanol–water partition coefficient (Wildman–Crippen LogP) is 3.45. The SMILES string of the molecule is CNC(CCC1CC1)c1ccccc1C. The first-order chi connectivity index (χ1) is 7.31. The van der Waals surface area contributed by atoms with Gasteiger partial charge >= 0.3 is 0 Å².